The van der Waals surface area contributed by atoms with Gasteiger partial charge in [0.05, 0.1) is 6.61 Å². The second-order valence-electron chi connectivity index (χ2n) is 7.86. The first-order chi connectivity index (χ1) is 13.3. The number of unbranched alkanes of at least 4 members (excludes halogenated alkanes) is 1. The van der Waals surface area contributed by atoms with E-state index in [2.05, 4.69) is 74.5 Å². The van der Waals surface area contributed by atoms with Crippen LogP contribution in [0.5, 0.6) is 0 Å². The molecule has 1 aliphatic carbocycles. The summed E-state index contributed by atoms with van der Waals surface area (Å²) in [5, 5.41) is 0. The van der Waals surface area contributed by atoms with E-state index in [4.69, 9.17) is 4.74 Å². The van der Waals surface area contributed by atoms with E-state index in [-0.39, 0.29) is 0 Å². The van der Waals surface area contributed by atoms with E-state index in [9.17, 15) is 0 Å². The van der Waals surface area contributed by atoms with Gasteiger partial charge in [0.25, 0.3) is 0 Å². The van der Waals surface area contributed by atoms with E-state index in [1.807, 2.05) is 0 Å². The van der Waals surface area contributed by atoms with Gasteiger partial charge < -0.3 is 4.74 Å². The van der Waals surface area contributed by atoms with Crippen LogP contribution in [-0.4, -0.2) is 6.61 Å². The van der Waals surface area contributed by atoms with Crippen molar-refractivity contribution in [3.63, 3.8) is 0 Å². The van der Waals surface area contributed by atoms with Gasteiger partial charge in [0.15, 0.2) is 0 Å². The maximum Gasteiger partial charge on any atom is 0.0716 e. The van der Waals surface area contributed by atoms with Gasteiger partial charge in [-0.1, -0.05) is 74.0 Å². The van der Waals surface area contributed by atoms with Crippen LogP contribution in [0.4, 0.5) is 0 Å². The fraction of sp³-hybridized carbons (Fsp3) is 0.462. The first kappa shape index (κ1) is 19.9. The number of rotatable bonds is 8. The molecule has 144 valence electrons. The highest BCUT2D eigenvalue weighted by atomic mass is 16.5. The SMILES string of the molecule is CC=CC1CCC(c2ccc(-c3ccc(COCCCC)cc3)cc2)CC1. The maximum absolute atomic E-state index is 5.71. The van der Waals surface area contributed by atoms with Gasteiger partial charge in [-0.05, 0) is 73.1 Å². The third-order valence-electron chi connectivity index (χ3n) is 5.82. The van der Waals surface area contributed by atoms with E-state index < -0.39 is 0 Å². The minimum atomic E-state index is 0.717. The van der Waals surface area contributed by atoms with Crippen LogP contribution >= 0.6 is 0 Å². The lowest BCUT2D eigenvalue weighted by Crippen LogP contribution is -2.11. The molecule has 1 heteroatoms. The van der Waals surface area contributed by atoms with Crippen LogP contribution < -0.4 is 0 Å². The molecule has 0 heterocycles. The summed E-state index contributed by atoms with van der Waals surface area (Å²) in [6.45, 7) is 5.90. The zero-order valence-corrected chi connectivity index (χ0v) is 17.0. The summed E-state index contributed by atoms with van der Waals surface area (Å²) in [6, 6.07) is 18.1. The van der Waals surface area contributed by atoms with Crippen LogP contribution in [0, 0.1) is 5.92 Å². The maximum atomic E-state index is 5.71. The third-order valence-corrected chi connectivity index (χ3v) is 5.82. The fourth-order valence-electron chi connectivity index (χ4n) is 4.09. The summed E-state index contributed by atoms with van der Waals surface area (Å²) in [5.41, 5.74) is 5.36. The van der Waals surface area contributed by atoms with Crippen molar-refractivity contribution in [3.8, 4) is 11.1 Å². The van der Waals surface area contributed by atoms with Gasteiger partial charge in [-0.25, -0.2) is 0 Å². The monoisotopic (exact) mass is 362 g/mol. The van der Waals surface area contributed by atoms with Gasteiger partial charge in [0, 0.05) is 6.61 Å². The van der Waals surface area contributed by atoms with E-state index in [0.29, 0.717) is 0 Å². The van der Waals surface area contributed by atoms with Crippen molar-refractivity contribution in [1.29, 1.82) is 0 Å². The summed E-state index contributed by atoms with van der Waals surface area (Å²) in [4.78, 5) is 0. The Morgan fingerprint density at radius 3 is 2.11 bits per heavy atom. The second-order valence-corrected chi connectivity index (χ2v) is 7.86. The van der Waals surface area contributed by atoms with Crippen molar-refractivity contribution < 1.29 is 4.74 Å². The Labute approximate surface area is 165 Å². The first-order valence-corrected chi connectivity index (χ1v) is 10.7. The molecular formula is C26H34O. The molecule has 0 spiro atoms. The minimum Gasteiger partial charge on any atom is -0.377 e. The Morgan fingerprint density at radius 2 is 1.52 bits per heavy atom. The van der Waals surface area contributed by atoms with Gasteiger partial charge in [-0.15, -0.1) is 0 Å². The molecule has 2 aromatic carbocycles. The van der Waals surface area contributed by atoms with Crippen LogP contribution in [0.25, 0.3) is 11.1 Å². The van der Waals surface area contributed by atoms with Crippen LogP contribution in [0.15, 0.2) is 60.7 Å². The lowest BCUT2D eigenvalue weighted by molar-refractivity contribution is 0.118. The fourth-order valence-corrected chi connectivity index (χ4v) is 4.09. The highest BCUT2D eigenvalue weighted by Crippen LogP contribution is 2.36. The first-order valence-electron chi connectivity index (χ1n) is 10.7. The van der Waals surface area contributed by atoms with E-state index >= 15 is 0 Å². The van der Waals surface area contributed by atoms with Gasteiger partial charge in [-0.3, -0.25) is 0 Å². The Balaban J connectivity index is 1.55. The van der Waals surface area contributed by atoms with Crippen LogP contribution in [0.2, 0.25) is 0 Å². The molecule has 0 amide bonds. The molecule has 27 heavy (non-hydrogen) atoms. The van der Waals surface area contributed by atoms with Gasteiger partial charge in [0.1, 0.15) is 0 Å². The van der Waals surface area contributed by atoms with Crippen LogP contribution in [0.3, 0.4) is 0 Å². The lowest BCUT2D eigenvalue weighted by Gasteiger charge is -2.27. The smallest absolute Gasteiger partial charge is 0.0716 e. The summed E-state index contributed by atoms with van der Waals surface area (Å²) >= 11 is 0. The quantitative estimate of drug-likeness (QED) is 0.348. The molecule has 0 N–H and O–H groups in total. The van der Waals surface area contributed by atoms with E-state index in [1.165, 1.54) is 54.4 Å². The Morgan fingerprint density at radius 1 is 0.889 bits per heavy atom. The molecular weight excluding hydrogens is 328 g/mol. The summed E-state index contributed by atoms with van der Waals surface area (Å²) < 4.78 is 5.71. The summed E-state index contributed by atoms with van der Waals surface area (Å²) in [5.74, 6) is 1.54. The minimum absolute atomic E-state index is 0.717. The predicted octanol–water partition coefficient (Wildman–Crippen LogP) is 7.52. The van der Waals surface area contributed by atoms with E-state index in [1.54, 1.807) is 0 Å². The molecule has 3 rings (SSSR count). The third kappa shape index (κ3) is 5.81. The molecule has 1 fully saturated rings. The molecule has 0 bridgehead atoms. The van der Waals surface area contributed by atoms with E-state index in [0.717, 1.165) is 31.5 Å². The molecule has 0 aromatic heterocycles. The zero-order valence-electron chi connectivity index (χ0n) is 17.0. The van der Waals surface area contributed by atoms with Crippen molar-refractivity contribution in [2.45, 2.75) is 64.9 Å². The van der Waals surface area contributed by atoms with Gasteiger partial charge in [-0.2, -0.15) is 0 Å². The molecule has 0 unspecified atom stereocenters. The standard InChI is InChI=1S/C26H34O/c1-3-5-19-27-20-22-9-13-24(14-10-22)26-17-15-25(16-18-26)23-11-7-21(6-4-2)8-12-23/h4,6,9-10,13-18,21,23H,3,5,7-8,11-12,19-20H2,1-2H3. The van der Waals surface area contributed by atoms with Crippen LogP contribution in [0.1, 0.15) is 69.4 Å². The van der Waals surface area contributed by atoms with Crippen molar-refractivity contribution >= 4 is 0 Å². The molecule has 2 aromatic rings. The average Bonchev–Trinajstić information content (AvgIpc) is 2.73. The highest BCUT2D eigenvalue weighted by Gasteiger charge is 2.20. The molecule has 0 saturated heterocycles. The summed E-state index contributed by atoms with van der Waals surface area (Å²) in [7, 11) is 0. The molecule has 1 nitrogen and oxygen atoms in total. The number of allylic oxidation sites excluding steroid dienone is 2. The molecule has 1 saturated carbocycles. The van der Waals surface area contributed by atoms with Gasteiger partial charge >= 0.3 is 0 Å². The Kier molecular flexibility index (Phi) is 7.71. The van der Waals surface area contributed by atoms with Gasteiger partial charge in [0.2, 0.25) is 0 Å². The molecule has 0 radical (unpaired) electrons. The average molecular weight is 363 g/mol. The number of ether oxygens (including phenoxy) is 1. The van der Waals surface area contributed by atoms with Crippen molar-refractivity contribution in [1.82, 2.24) is 0 Å². The molecule has 0 atom stereocenters. The van der Waals surface area contributed by atoms with Crippen molar-refractivity contribution in [2.24, 2.45) is 5.92 Å². The number of benzene rings is 2. The highest BCUT2D eigenvalue weighted by molar-refractivity contribution is 5.64. The number of hydrogen-bond donors (Lipinski definition) is 0. The molecule has 1 aliphatic rings. The number of hydrogen-bond acceptors (Lipinski definition) is 1. The molecule has 0 aliphatic heterocycles. The lowest BCUT2D eigenvalue weighted by atomic mass is 9.78. The topological polar surface area (TPSA) is 9.23 Å². The second kappa shape index (κ2) is 10.5. The predicted molar refractivity (Wildman–Crippen MR) is 116 cm³/mol. The Bertz CT molecular complexity index is 688. The van der Waals surface area contributed by atoms with Crippen LogP contribution in [-0.2, 0) is 11.3 Å². The largest absolute Gasteiger partial charge is 0.377 e. The Hall–Kier alpha value is -1.86. The van der Waals surface area contributed by atoms with Crippen molar-refractivity contribution in [2.75, 3.05) is 6.61 Å². The zero-order chi connectivity index (χ0) is 18.9. The normalized spacial score (nSPS) is 20.2. The van der Waals surface area contributed by atoms with Crippen molar-refractivity contribution in [3.05, 3.63) is 71.8 Å². The summed E-state index contributed by atoms with van der Waals surface area (Å²) in [6.07, 6.45) is 12.2.